The van der Waals surface area contributed by atoms with Crippen molar-refractivity contribution >= 4 is 27.7 Å². The maximum atomic E-state index is 13.2. The molecular weight excluding hydrogens is 442 g/mol. The number of hydrogen-bond acceptors (Lipinski definition) is 5. The van der Waals surface area contributed by atoms with E-state index in [1.807, 2.05) is 72.8 Å². The average molecular weight is 468 g/mol. The molecule has 2 heterocycles. The Morgan fingerprint density at radius 1 is 0.857 bits per heavy atom. The average Bonchev–Trinajstić information content (AvgIpc) is 3.29. The van der Waals surface area contributed by atoms with Crippen LogP contribution < -0.4 is 19.5 Å². The van der Waals surface area contributed by atoms with Crippen molar-refractivity contribution < 1.29 is 19.0 Å². The van der Waals surface area contributed by atoms with E-state index >= 15 is 0 Å². The van der Waals surface area contributed by atoms with Crippen molar-refractivity contribution in [2.75, 3.05) is 21.3 Å². The number of aromatic nitrogens is 2. The molecular formula is C28H25N3O4. The lowest BCUT2D eigenvalue weighted by atomic mass is 10.0. The number of hydrogen-bond donors (Lipinski definition) is 2. The van der Waals surface area contributed by atoms with Crippen molar-refractivity contribution in [1.82, 2.24) is 15.3 Å². The number of H-pyrrole nitrogens is 1. The molecule has 0 atom stereocenters. The van der Waals surface area contributed by atoms with Gasteiger partial charge in [0.1, 0.15) is 22.9 Å². The topological polar surface area (TPSA) is 85.5 Å². The smallest absolute Gasteiger partial charge is 0.270 e. The maximum absolute atomic E-state index is 13.2. The minimum Gasteiger partial charge on any atom is -0.497 e. The van der Waals surface area contributed by atoms with E-state index in [0.29, 0.717) is 29.4 Å². The van der Waals surface area contributed by atoms with Crippen LogP contribution in [0.25, 0.3) is 33.1 Å². The summed E-state index contributed by atoms with van der Waals surface area (Å²) in [5.41, 5.74) is 4.41. The summed E-state index contributed by atoms with van der Waals surface area (Å²) in [6.45, 7) is 0.369. The first-order valence-corrected chi connectivity index (χ1v) is 11.2. The molecule has 0 aliphatic carbocycles. The lowest BCUT2D eigenvalue weighted by molar-refractivity contribution is 0.0946. The molecule has 5 aromatic rings. The van der Waals surface area contributed by atoms with E-state index in [2.05, 4.69) is 10.3 Å². The van der Waals surface area contributed by atoms with Crippen LogP contribution in [0.5, 0.6) is 17.2 Å². The molecule has 0 radical (unpaired) electrons. The summed E-state index contributed by atoms with van der Waals surface area (Å²) in [6.07, 6.45) is 0. The Hall–Kier alpha value is -4.52. The largest absolute Gasteiger partial charge is 0.497 e. The molecule has 1 amide bonds. The number of rotatable bonds is 7. The van der Waals surface area contributed by atoms with Crippen LogP contribution in [-0.4, -0.2) is 37.2 Å². The van der Waals surface area contributed by atoms with Gasteiger partial charge in [-0.25, -0.2) is 4.98 Å². The molecule has 3 aromatic carbocycles. The van der Waals surface area contributed by atoms with Gasteiger partial charge < -0.3 is 24.5 Å². The highest BCUT2D eigenvalue weighted by Crippen LogP contribution is 2.38. The highest BCUT2D eigenvalue weighted by atomic mass is 16.5. The number of nitrogens with zero attached hydrogens (tertiary/aromatic N) is 1. The summed E-state index contributed by atoms with van der Waals surface area (Å²) in [5.74, 6) is 1.80. The van der Waals surface area contributed by atoms with E-state index in [0.717, 1.165) is 38.7 Å². The van der Waals surface area contributed by atoms with Gasteiger partial charge in [-0.15, -0.1) is 0 Å². The normalized spacial score (nSPS) is 10.9. The minimum absolute atomic E-state index is 0.267. The van der Waals surface area contributed by atoms with Gasteiger partial charge >= 0.3 is 0 Å². The number of para-hydroxylation sites is 1. The molecule has 0 saturated heterocycles. The number of benzene rings is 3. The van der Waals surface area contributed by atoms with E-state index in [-0.39, 0.29) is 5.91 Å². The second kappa shape index (κ2) is 9.38. The fourth-order valence-corrected chi connectivity index (χ4v) is 4.17. The molecule has 0 unspecified atom stereocenters. The van der Waals surface area contributed by atoms with Gasteiger partial charge in [0.25, 0.3) is 5.91 Å². The molecule has 2 N–H and O–H groups in total. The summed E-state index contributed by atoms with van der Waals surface area (Å²) in [7, 11) is 4.85. The Morgan fingerprint density at radius 2 is 1.60 bits per heavy atom. The molecule has 0 fully saturated rings. The van der Waals surface area contributed by atoms with Crippen molar-refractivity contribution in [2.24, 2.45) is 0 Å². The molecule has 0 bridgehead atoms. The Kier molecular flexibility index (Phi) is 5.97. The Labute approximate surface area is 202 Å². The first kappa shape index (κ1) is 22.3. The van der Waals surface area contributed by atoms with Crippen LogP contribution in [0.3, 0.4) is 0 Å². The number of fused-ring (bicyclic) bond motifs is 3. The van der Waals surface area contributed by atoms with Crippen molar-refractivity contribution in [3.8, 4) is 28.5 Å². The number of ether oxygens (including phenoxy) is 3. The standard InChI is InChI=1S/C28H25N3O4/c1-33-18-10-8-17(9-11-18)16-29-28(32)24-15-21-20-6-4-5-7-23(20)30-26(21)27(31-24)22-14-19(34-2)12-13-25(22)35-3/h4-15,30H,16H2,1-3H3,(H,29,32). The molecule has 2 aromatic heterocycles. The van der Waals surface area contributed by atoms with Gasteiger partial charge in [0.15, 0.2) is 0 Å². The van der Waals surface area contributed by atoms with Crippen LogP contribution in [-0.2, 0) is 6.54 Å². The Balaban J connectivity index is 1.61. The highest BCUT2D eigenvalue weighted by molar-refractivity contribution is 6.13. The second-order valence-corrected chi connectivity index (χ2v) is 8.05. The van der Waals surface area contributed by atoms with Gasteiger partial charge in [0.2, 0.25) is 0 Å². The molecule has 0 aliphatic heterocycles. The summed E-state index contributed by atoms with van der Waals surface area (Å²) < 4.78 is 16.3. The molecule has 0 spiro atoms. The molecule has 0 aliphatic rings. The second-order valence-electron chi connectivity index (χ2n) is 8.05. The van der Waals surface area contributed by atoms with Crippen LogP contribution in [0.15, 0.2) is 72.8 Å². The zero-order chi connectivity index (χ0) is 24.4. The number of carbonyl (C=O) groups excluding carboxylic acids is 1. The first-order valence-electron chi connectivity index (χ1n) is 11.2. The number of pyridine rings is 1. The van der Waals surface area contributed by atoms with Crippen molar-refractivity contribution in [1.29, 1.82) is 0 Å². The molecule has 35 heavy (non-hydrogen) atoms. The third-order valence-electron chi connectivity index (χ3n) is 6.00. The lowest BCUT2D eigenvalue weighted by Crippen LogP contribution is -2.24. The summed E-state index contributed by atoms with van der Waals surface area (Å²) in [5, 5.41) is 4.90. The number of methoxy groups -OCH3 is 3. The van der Waals surface area contributed by atoms with E-state index in [1.54, 1.807) is 21.3 Å². The van der Waals surface area contributed by atoms with Gasteiger partial charge in [0, 0.05) is 28.4 Å². The molecule has 176 valence electrons. The number of carbonyl (C=O) groups is 1. The van der Waals surface area contributed by atoms with Crippen molar-refractivity contribution in [2.45, 2.75) is 6.54 Å². The van der Waals surface area contributed by atoms with Gasteiger partial charge in [-0.05, 0) is 48.0 Å². The monoisotopic (exact) mass is 467 g/mol. The number of aromatic amines is 1. The van der Waals surface area contributed by atoms with Crippen LogP contribution in [0.4, 0.5) is 0 Å². The molecule has 7 nitrogen and oxygen atoms in total. The predicted molar refractivity (Wildman–Crippen MR) is 136 cm³/mol. The van der Waals surface area contributed by atoms with Crippen LogP contribution in [0.1, 0.15) is 16.1 Å². The van der Waals surface area contributed by atoms with E-state index in [9.17, 15) is 4.79 Å². The summed E-state index contributed by atoms with van der Waals surface area (Å²) >= 11 is 0. The lowest BCUT2D eigenvalue weighted by Gasteiger charge is -2.13. The fraction of sp³-hybridized carbons (Fsp3) is 0.143. The zero-order valence-electron chi connectivity index (χ0n) is 19.7. The van der Waals surface area contributed by atoms with Gasteiger partial charge in [-0.1, -0.05) is 30.3 Å². The van der Waals surface area contributed by atoms with Crippen LogP contribution in [0, 0.1) is 0 Å². The van der Waals surface area contributed by atoms with Gasteiger partial charge in [-0.3, -0.25) is 4.79 Å². The molecule has 0 saturated carbocycles. The predicted octanol–water partition coefficient (Wildman–Crippen LogP) is 5.34. The number of amides is 1. The SMILES string of the molecule is COc1ccc(CNC(=O)c2cc3c([nH]c4ccccc43)c(-c3cc(OC)ccc3OC)n2)cc1. The van der Waals surface area contributed by atoms with E-state index in [1.165, 1.54) is 0 Å². The third kappa shape index (κ3) is 4.24. The third-order valence-corrected chi connectivity index (χ3v) is 6.00. The van der Waals surface area contributed by atoms with Crippen LogP contribution in [0.2, 0.25) is 0 Å². The first-order chi connectivity index (χ1) is 17.1. The molecule has 7 heteroatoms. The zero-order valence-corrected chi connectivity index (χ0v) is 19.7. The molecule has 5 rings (SSSR count). The van der Waals surface area contributed by atoms with E-state index < -0.39 is 0 Å². The Morgan fingerprint density at radius 3 is 2.34 bits per heavy atom. The minimum atomic E-state index is -0.267. The highest BCUT2D eigenvalue weighted by Gasteiger charge is 2.20. The fourth-order valence-electron chi connectivity index (χ4n) is 4.17. The summed E-state index contributed by atoms with van der Waals surface area (Å²) in [4.78, 5) is 21.5. The van der Waals surface area contributed by atoms with Crippen molar-refractivity contribution in [3.05, 3.63) is 84.1 Å². The van der Waals surface area contributed by atoms with E-state index in [4.69, 9.17) is 19.2 Å². The van der Waals surface area contributed by atoms with Gasteiger partial charge in [0.05, 0.1) is 32.5 Å². The summed E-state index contributed by atoms with van der Waals surface area (Å²) in [6, 6.07) is 22.9. The Bertz CT molecular complexity index is 1520. The van der Waals surface area contributed by atoms with Gasteiger partial charge in [-0.2, -0.15) is 0 Å². The maximum Gasteiger partial charge on any atom is 0.270 e. The van der Waals surface area contributed by atoms with Crippen molar-refractivity contribution in [3.63, 3.8) is 0 Å². The quantitative estimate of drug-likeness (QED) is 0.338. The number of nitrogens with one attached hydrogen (secondary N) is 2. The van der Waals surface area contributed by atoms with Crippen LogP contribution >= 0.6 is 0 Å².